The van der Waals surface area contributed by atoms with Crippen molar-refractivity contribution in [3.8, 4) is 0 Å². The number of hydrogen-bond donors (Lipinski definition) is 0. The Morgan fingerprint density at radius 2 is 1.33 bits per heavy atom. The summed E-state index contributed by atoms with van der Waals surface area (Å²) >= 11 is 6.86. The normalized spacial score (nSPS) is 10.8. The maximum absolute atomic E-state index is 12.6. The van der Waals surface area contributed by atoms with E-state index in [-0.39, 0.29) is 24.4 Å². The van der Waals surface area contributed by atoms with Crippen molar-refractivity contribution in [1.82, 2.24) is 0 Å². The van der Waals surface area contributed by atoms with Crippen LogP contribution in [0, 0.1) is 0 Å². The average Bonchev–Trinajstić information content (AvgIpc) is 2.60. The van der Waals surface area contributed by atoms with Crippen LogP contribution in [0.4, 0.5) is 0 Å². The summed E-state index contributed by atoms with van der Waals surface area (Å²) in [7, 11) is 0. The molecule has 4 heteroatoms. The van der Waals surface area contributed by atoms with Crippen LogP contribution >= 0.6 is 31.9 Å². The molecule has 0 bridgehead atoms. The third-order valence-electron chi connectivity index (χ3n) is 3.92. The molecule has 0 radical (unpaired) electrons. The molecule has 0 aliphatic heterocycles. The highest BCUT2D eigenvalue weighted by Gasteiger charge is 2.14. The van der Waals surface area contributed by atoms with Gasteiger partial charge in [-0.25, -0.2) is 0 Å². The molecule has 0 atom stereocenters. The molecular weight excluding hydrogens is 432 g/mol. The first-order chi connectivity index (χ1) is 11.6. The van der Waals surface area contributed by atoms with E-state index in [1.165, 1.54) is 0 Å². The van der Waals surface area contributed by atoms with Gasteiger partial charge in [0.25, 0.3) is 0 Å². The van der Waals surface area contributed by atoms with Crippen LogP contribution in [0.2, 0.25) is 0 Å². The van der Waals surface area contributed by atoms with Gasteiger partial charge in [-0.3, -0.25) is 9.59 Å². The summed E-state index contributed by atoms with van der Waals surface area (Å²) in [6, 6.07) is 18.7. The summed E-state index contributed by atoms with van der Waals surface area (Å²) in [4.78, 5) is 24.8. The quantitative estimate of drug-likeness (QED) is 0.437. The molecule has 0 aliphatic carbocycles. The third kappa shape index (κ3) is 3.65. The molecule has 24 heavy (non-hydrogen) atoms. The van der Waals surface area contributed by atoms with Gasteiger partial charge in [-0.1, -0.05) is 68.3 Å². The van der Waals surface area contributed by atoms with Gasteiger partial charge in [0.2, 0.25) is 0 Å². The lowest BCUT2D eigenvalue weighted by Gasteiger charge is -2.07. The van der Waals surface area contributed by atoms with Crippen molar-refractivity contribution in [2.75, 3.05) is 0 Å². The number of benzene rings is 3. The fourth-order valence-corrected chi connectivity index (χ4v) is 3.39. The molecule has 2 nitrogen and oxygen atoms in total. The van der Waals surface area contributed by atoms with Gasteiger partial charge in [-0.2, -0.15) is 0 Å². The van der Waals surface area contributed by atoms with Gasteiger partial charge in [-0.05, 0) is 35.0 Å². The predicted molar refractivity (Wildman–Crippen MR) is 104 cm³/mol. The molecule has 0 heterocycles. The van der Waals surface area contributed by atoms with E-state index in [0.717, 1.165) is 19.7 Å². The summed E-state index contributed by atoms with van der Waals surface area (Å²) in [6.07, 6.45) is 0.422. The van der Waals surface area contributed by atoms with Gasteiger partial charge in [0.05, 0.1) is 0 Å². The average molecular weight is 446 g/mol. The Balaban J connectivity index is 1.77. The van der Waals surface area contributed by atoms with Crippen molar-refractivity contribution >= 4 is 54.2 Å². The highest BCUT2D eigenvalue weighted by molar-refractivity contribution is 9.11. The topological polar surface area (TPSA) is 34.1 Å². The minimum atomic E-state index is -0.0164. The summed E-state index contributed by atoms with van der Waals surface area (Å²) in [5.74, 6) is -0.0265. The van der Waals surface area contributed by atoms with Gasteiger partial charge in [0, 0.05) is 32.9 Å². The highest BCUT2D eigenvalue weighted by atomic mass is 79.9. The van der Waals surface area contributed by atoms with E-state index >= 15 is 0 Å². The van der Waals surface area contributed by atoms with E-state index in [0.29, 0.717) is 11.1 Å². The fraction of sp³-hybridized carbons (Fsp3) is 0.100. The zero-order valence-corrected chi connectivity index (χ0v) is 15.9. The van der Waals surface area contributed by atoms with Crippen molar-refractivity contribution < 1.29 is 9.59 Å². The van der Waals surface area contributed by atoms with E-state index in [2.05, 4.69) is 31.9 Å². The van der Waals surface area contributed by atoms with Crippen LogP contribution in [0.5, 0.6) is 0 Å². The van der Waals surface area contributed by atoms with E-state index in [1.807, 2.05) is 48.5 Å². The second-order valence-corrected chi connectivity index (χ2v) is 7.26. The lowest BCUT2D eigenvalue weighted by Crippen LogP contribution is -2.06. The SMILES string of the molecule is O=C(CCC(=O)c1ccc(Br)c2ccccc12)c1ccc(Br)cc1. The van der Waals surface area contributed by atoms with Crippen molar-refractivity contribution in [2.24, 2.45) is 0 Å². The van der Waals surface area contributed by atoms with Gasteiger partial charge >= 0.3 is 0 Å². The Bertz CT molecular complexity index is 915. The second-order valence-electron chi connectivity index (χ2n) is 5.49. The van der Waals surface area contributed by atoms with Crippen LogP contribution in [0.15, 0.2) is 69.6 Å². The van der Waals surface area contributed by atoms with Gasteiger partial charge < -0.3 is 0 Å². The van der Waals surface area contributed by atoms with E-state index < -0.39 is 0 Å². The predicted octanol–water partition coefficient (Wildman–Crippen LogP) is 6.21. The largest absolute Gasteiger partial charge is 0.294 e. The minimum Gasteiger partial charge on any atom is -0.294 e. The van der Waals surface area contributed by atoms with E-state index in [4.69, 9.17) is 0 Å². The van der Waals surface area contributed by atoms with Crippen molar-refractivity contribution in [3.63, 3.8) is 0 Å². The van der Waals surface area contributed by atoms with E-state index in [9.17, 15) is 9.59 Å². The maximum atomic E-state index is 12.6. The van der Waals surface area contributed by atoms with Crippen LogP contribution < -0.4 is 0 Å². The summed E-state index contributed by atoms with van der Waals surface area (Å²) in [5.41, 5.74) is 1.30. The Morgan fingerprint density at radius 1 is 0.708 bits per heavy atom. The first-order valence-electron chi connectivity index (χ1n) is 7.55. The third-order valence-corrected chi connectivity index (χ3v) is 5.14. The number of ketones is 2. The fourth-order valence-electron chi connectivity index (χ4n) is 2.65. The van der Waals surface area contributed by atoms with Crippen LogP contribution in [0.1, 0.15) is 33.6 Å². The number of halogens is 2. The summed E-state index contributed by atoms with van der Waals surface area (Å²) < 4.78 is 1.89. The Hall–Kier alpha value is -1.78. The Morgan fingerprint density at radius 3 is 2.04 bits per heavy atom. The standard InChI is InChI=1S/C20H14Br2O2/c21-14-7-5-13(6-8-14)19(23)11-12-20(24)17-9-10-18(22)16-4-2-1-3-15(16)17/h1-10H,11-12H2. The van der Waals surface area contributed by atoms with Crippen molar-refractivity contribution in [3.05, 3.63) is 80.7 Å². The van der Waals surface area contributed by atoms with Crippen molar-refractivity contribution in [2.45, 2.75) is 12.8 Å². The molecule has 0 spiro atoms. The molecule has 0 aliphatic rings. The second kappa shape index (κ2) is 7.41. The first kappa shape index (κ1) is 17.1. The van der Waals surface area contributed by atoms with Crippen LogP contribution in [-0.2, 0) is 0 Å². The molecule has 0 unspecified atom stereocenters. The minimum absolute atomic E-state index is 0.0100. The molecule has 0 saturated heterocycles. The molecule has 0 aromatic heterocycles. The number of carbonyl (C=O) groups is 2. The molecular formula is C20H14Br2O2. The summed E-state index contributed by atoms with van der Waals surface area (Å²) in [5, 5.41) is 1.91. The first-order valence-corrected chi connectivity index (χ1v) is 9.14. The van der Waals surface area contributed by atoms with Crippen molar-refractivity contribution in [1.29, 1.82) is 0 Å². The van der Waals surface area contributed by atoms with Crippen LogP contribution in [0.25, 0.3) is 10.8 Å². The van der Waals surface area contributed by atoms with Gasteiger partial charge in [0.15, 0.2) is 11.6 Å². The summed E-state index contributed by atoms with van der Waals surface area (Å²) in [6.45, 7) is 0. The smallest absolute Gasteiger partial charge is 0.163 e. The molecule has 0 fully saturated rings. The number of carbonyl (C=O) groups excluding carboxylic acids is 2. The van der Waals surface area contributed by atoms with Gasteiger partial charge in [0.1, 0.15) is 0 Å². The monoisotopic (exact) mass is 444 g/mol. The molecule has 0 N–H and O–H groups in total. The van der Waals surface area contributed by atoms with Crippen LogP contribution in [0.3, 0.4) is 0 Å². The zero-order chi connectivity index (χ0) is 17.1. The molecule has 3 aromatic rings. The Kier molecular flexibility index (Phi) is 5.27. The molecule has 3 aromatic carbocycles. The van der Waals surface area contributed by atoms with Gasteiger partial charge in [-0.15, -0.1) is 0 Å². The number of hydrogen-bond acceptors (Lipinski definition) is 2. The van der Waals surface area contributed by atoms with Crippen LogP contribution in [-0.4, -0.2) is 11.6 Å². The Labute approximate surface area is 157 Å². The van der Waals surface area contributed by atoms with E-state index in [1.54, 1.807) is 12.1 Å². The number of fused-ring (bicyclic) bond motifs is 1. The number of rotatable bonds is 5. The maximum Gasteiger partial charge on any atom is 0.163 e. The molecule has 0 amide bonds. The highest BCUT2D eigenvalue weighted by Crippen LogP contribution is 2.28. The molecule has 120 valence electrons. The lowest BCUT2D eigenvalue weighted by molar-refractivity contribution is 0.0918. The number of Topliss-reactive ketones (excluding diaryl/α,β-unsaturated/α-hetero) is 2. The molecule has 0 saturated carbocycles. The lowest BCUT2D eigenvalue weighted by atomic mass is 9.97. The molecule has 3 rings (SSSR count). The zero-order valence-electron chi connectivity index (χ0n) is 12.8.